The van der Waals surface area contributed by atoms with Crippen molar-refractivity contribution in [2.24, 2.45) is 0 Å². The Morgan fingerprint density at radius 3 is 0.400 bits per heavy atom. The van der Waals surface area contributed by atoms with E-state index in [9.17, 15) is 0 Å². The molecule has 0 fully saturated rings. The maximum atomic E-state index is 0. The largest absolute Gasteiger partial charge is 0.412 e. The third kappa shape index (κ3) is 104. The molecule has 0 aliphatic rings. The molecule has 4 nitrogen and oxygen atoms in total. The molecule has 0 amide bonds. The summed E-state index contributed by atoms with van der Waals surface area (Å²) in [5.41, 5.74) is 0. The van der Waals surface area contributed by atoms with Gasteiger partial charge in [-0.3, -0.25) is 0 Å². The van der Waals surface area contributed by atoms with Crippen molar-refractivity contribution in [3.05, 3.63) is 0 Å². The maximum Gasteiger partial charge on any atom is 0 e. The molecule has 42 valence electrons. The molecule has 0 heterocycles. The predicted octanol–water partition coefficient (Wildman–Crippen LogP) is -3.30. The monoisotopic (exact) mass is 267 g/mol. The first kappa shape index (κ1) is 406. The molecule has 0 aliphatic heterocycles. The standard InChI is InChI=1S/4H2O.Pt/h4*1H2;. The second kappa shape index (κ2) is 202. The van der Waals surface area contributed by atoms with Crippen LogP contribution in [0.25, 0.3) is 0 Å². The second-order valence-corrected chi connectivity index (χ2v) is 0. The van der Waals surface area contributed by atoms with Gasteiger partial charge in [0.25, 0.3) is 0 Å². The van der Waals surface area contributed by atoms with Crippen LogP contribution in [0, 0.1) is 0 Å². The van der Waals surface area contributed by atoms with Gasteiger partial charge in [-0.1, -0.05) is 0 Å². The molecular formula is H8O4Pt. The van der Waals surface area contributed by atoms with Crippen molar-refractivity contribution in [3.8, 4) is 0 Å². The SMILES string of the molecule is O.O.O.O.[Pt]. The van der Waals surface area contributed by atoms with Gasteiger partial charge in [-0.15, -0.1) is 0 Å². The number of hydrogen-bond donors (Lipinski definition) is 0. The van der Waals surface area contributed by atoms with E-state index in [1.807, 2.05) is 0 Å². The Labute approximate surface area is 43.7 Å². The van der Waals surface area contributed by atoms with Crippen LogP contribution in [0.5, 0.6) is 0 Å². The Morgan fingerprint density at radius 1 is 0.400 bits per heavy atom. The van der Waals surface area contributed by atoms with E-state index in [-0.39, 0.29) is 43.0 Å². The van der Waals surface area contributed by atoms with Crippen LogP contribution in [0.15, 0.2) is 0 Å². The zero-order chi connectivity index (χ0) is 0. The van der Waals surface area contributed by atoms with Gasteiger partial charge in [-0.2, -0.15) is 0 Å². The number of hydrogen-bond acceptors (Lipinski definition) is 0. The molecule has 0 unspecified atom stereocenters. The zero-order valence-corrected chi connectivity index (χ0v) is 4.59. The van der Waals surface area contributed by atoms with E-state index in [1.165, 1.54) is 0 Å². The van der Waals surface area contributed by atoms with Crippen LogP contribution >= 0.6 is 0 Å². The van der Waals surface area contributed by atoms with Gasteiger partial charge in [0, 0.05) is 21.1 Å². The normalized spacial score (nSPS) is 0. The Morgan fingerprint density at radius 2 is 0.400 bits per heavy atom. The Bertz CT molecular complexity index is 3.61. The van der Waals surface area contributed by atoms with Gasteiger partial charge < -0.3 is 21.9 Å². The molecule has 0 aromatic carbocycles. The van der Waals surface area contributed by atoms with E-state index < -0.39 is 0 Å². The van der Waals surface area contributed by atoms with E-state index >= 15 is 0 Å². The first-order valence-electron chi connectivity index (χ1n) is 0. The van der Waals surface area contributed by atoms with Crippen molar-refractivity contribution in [1.29, 1.82) is 0 Å². The average molecular weight is 267 g/mol. The molecule has 0 aliphatic carbocycles. The van der Waals surface area contributed by atoms with Gasteiger partial charge in [0.1, 0.15) is 0 Å². The van der Waals surface area contributed by atoms with Crippen molar-refractivity contribution in [2.45, 2.75) is 0 Å². The van der Waals surface area contributed by atoms with Crippen LogP contribution < -0.4 is 0 Å². The fourth-order valence-electron chi connectivity index (χ4n) is 0. The quantitative estimate of drug-likeness (QED) is 0.436. The van der Waals surface area contributed by atoms with E-state index in [0.717, 1.165) is 0 Å². The predicted molar refractivity (Wildman–Crippen MR) is 14.5 cm³/mol. The van der Waals surface area contributed by atoms with Crippen molar-refractivity contribution >= 4 is 0 Å². The summed E-state index contributed by atoms with van der Waals surface area (Å²) < 4.78 is 0. The van der Waals surface area contributed by atoms with Crippen molar-refractivity contribution in [3.63, 3.8) is 0 Å². The molecule has 5 heavy (non-hydrogen) atoms. The molecule has 0 aromatic heterocycles. The molecule has 5 heteroatoms. The summed E-state index contributed by atoms with van der Waals surface area (Å²) >= 11 is 0. The fraction of sp³-hybridized carbons (Fsp3) is 0. The van der Waals surface area contributed by atoms with Crippen LogP contribution in [0.3, 0.4) is 0 Å². The minimum absolute atomic E-state index is 0. The van der Waals surface area contributed by atoms with Crippen LogP contribution in [0.1, 0.15) is 0 Å². The van der Waals surface area contributed by atoms with Crippen molar-refractivity contribution < 1.29 is 43.0 Å². The summed E-state index contributed by atoms with van der Waals surface area (Å²) in [5, 5.41) is 0. The van der Waals surface area contributed by atoms with Crippen LogP contribution in [-0.2, 0) is 21.1 Å². The topological polar surface area (TPSA) is 126 Å². The first-order valence-corrected chi connectivity index (χ1v) is 0. The minimum atomic E-state index is 0. The van der Waals surface area contributed by atoms with Gasteiger partial charge in [-0.25, -0.2) is 0 Å². The summed E-state index contributed by atoms with van der Waals surface area (Å²) in [6.07, 6.45) is 0. The molecule has 0 aromatic rings. The molecule has 0 saturated heterocycles. The van der Waals surface area contributed by atoms with E-state index in [4.69, 9.17) is 0 Å². The van der Waals surface area contributed by atoms with E-state index in [1.54, 1.807) is 0 Å². The van der Waals surface area contributed by atoms with E-state index in [0.29, 0.717) is 0 Å². The van der Waals surface area contributed by atoms with Crippen LogP contribution in [0.2, 0.25) is 0 Å². The summed E-state index contributed by atoms with van der Waals surface area (Å²) in [6.45, 7) is 0. The third-order valence-corrected chi connectivity index (χ3v) is 0. The second-order valence-electron chi connectivity index (χ2n) is 0. The first-order chi connectivity index (χ1) is 0. The summed E-state index contributed by atoms with van der Waals surface area (Å²) in [6, 6.07) is 0. The smallest absolute Gasteiger partial charge is 0 e. The van der Waals surface area contributed by atoms with Crippen molar-refractivity contribution in [2.75, 3.05) is 0 Å². The molecule has 0 saturated carbocycles. The summed E-state index contributed by atoms with van der Waals surface area (Å²) in [7, 11) is 0. The van der Waals surface area contributed by atoms with Gasteiger partial charge in [0.15, 0.2) is 0 Å². The average Bonchev–Trinajstić information content (AvgIpc) is 0. The number of rotatable bonds is 0. The van der Waals surface area contributed by atoms with Crippen LogP contribution in [0.4, 0.5) is 0 Å². The van der Waals surface area contributed by atoms with Gasteiger partial charge in [0.2, 0.25) is 0 Å². The molecule has 0 rings (SSSR count). The van der Waals surface area contributed by atoms with Gasteiger partial charge in [-0.05, 0) is 0 Å². The molecular weight excluding hydrogens is 259 g/mol. The van der Waals surface area contributed by atoms with Gasteiger partial charge >= 0.3 is 0 Å². The van der Waals surface area contributed by atoms with Crippen molar-refractivity contribution in [1.82, 2.24) is 0 Å². The molecule has 8 N–H and O–H groups in total. The Hall–Kier alpha value is 0.528. The Kier molecular flexibility index (Phi) is 16400. The fourth-order valence-corrected chi connectivity index (χ4v) is 0. The van der Waals surface area contributed by atoms with Gasteiger partial charge in [0.05, 0.1) is 0 Å². The molecule has 0 radical (unpaired) electrons. The summed E-state index contributed by atoms with van der Waals surface area (Å²) in [4.78, 5) is 0. The van der Waals surface area contributed by atoms with E-state index in [2.05, 4.69) is 0 Å². The zero-order valence-electron chi connectivity index (χ0n) is 2.32. The molecule has 0 spiro atoms. The third-order valence-electron chi connectivity index (χ3n) is 0. The Balaban J connectivity index is 0. The molecule has 0 bridgehead atoms. The summed E-state index contributed by atoms with van der Waals surface area (Å²) in [5.74, 6) is 0. The molecule has 0 atom stereocenters. The van der Waals surface area contributed by atoms with Crippen LogP contribution in [-0.4, -0.2) is 21.9 Å². The maximum absolute atomic E-state index is 0. The minimum Gasteiger partial charge on any atom is -0.412 e.